The molecular weight excluding hydrogens is 296 g/mol. The van der Waals surface area contributed by atoms with Gasteiger partial charge in [-0.2, -0.15) is 9.97 Å². The third-order valence-corrected chi connectivity index (χ3v) is 4.16. The lowest BCUT2D eigenvalue weighted by atomic mass is 10.1. The first-order valence-corrected chi connectivity index (χ1v) is 7.64. The van der Waals surface area contributed by atoms with Crippen molar-refractivity contribution in [2.75, 3.05) is 38.7 Å². The highest BCUT2D eigenvalue weighted by molar-refractivity contribution is 5.51. The van der Waals surface area contributed by atoms with Crippen molar-refractivity contribution in [1.82, 2.24) is 25.0 Å². The van der Waals surface area contributed by atoms with Gasteiger partial charge >= 0.3 is 0 Å². The predicted molar refractivity (Wildman–Crippen MR) is 84.7 cm³/mol. The summed E-state index contributed by atoms with van der Waals surface area (Å²) in [6, 6.07) is 0.0469. The average Bonchev–Trinajstić information content (AvgIpc) is 2.96. The van der Waals surface area contributed by atoms with E-state index in [4.69, 9.17) is 9.26 Å². The number of methoxy groups -OCH3 is 1. The van der Waals surface area contributed by atoms with Crippen molar-refractivity contribution in [3.05, 3.63) is 23.1 Å². The summed E-state index contributed by atoms with van der Waals surface area (Å²) in [5, 5.41) is 3.91. The maximum absolute atomic E-state index is 5.37. The second-order valence-electron chi connectivity index (χ2n) is 5.85. The van der Waals surface area contributed by atoms with Gasteiger partial charge in [0.25, 0.3) is 0 Å². The molecule has 8 nitrogen and oxygen atoms in total. The fourth-order valence-electron chi connectivity index (χ4n) is 2.88. The van der Waals surface area contributed by atoms with E-state index in [2.05, 4.69) is 37.0 Å². The number of piperazine rings is 1. The molecule has 1 saturated heterocycles. The normalized spacial score (nSPS) is 19.2. The Morgan fingerprint density at radius 1 is 1.09 bits per heavy atom. The Balaban J connectivity index is 1.91. The van der Waals surface area contributed by atoms with Gasteiger partial charge in [0.1, 0.15) is 17.7 Å². The Hall–Kier alpha value is -2.22. The van der Waals surface area contributed by atoms with Crippen LogP contribution in [0.2, 0.25) is 0 Å². The SMILES string of the molecule is COc1nc(C)nc(N2CCN(C)[C@H](c3nc(C)no3)C2)c1C. The summed E-state index contributed by atoms with van der Waals surface area (Å²) in [4.78, 5) is 17.8. The minimum atomic E-state index is 0.0469. The summed E-state index contributed by atoms with van der Waals surface area (Å²) in [7, 11) is 3.70. The Bertz CT molecular complexity index is 701. The highest BCUT2D eigenvalue weighted by atomic mass is 16.5. The van der Waals surface area contributed by atoms with Crippen molar-refractivity contribution in [3.63, 3.8) is 0 Å². The van der Waals surface area contributed by atoms with E-state index in [1.807, 2.05) is 20.8 Å². The zero-order chi connectivity index (χ0) is 16.6. The van der Waals surface area contributed by atoms with E-state index in [0.717, 1.165) is 31.0 Å². The van der Waals surface area contributed by atoms with Crippen LogP contribution in [0, 0.1) is 20.8 Å². The lowest BCUT2D eigenvalue weighted by Crippen LogP contribution is -2.47. The zero-order valence-electron chi connectivity index (χ0n) is 14.2. The molecule has 0 saturated carbocycles. The standard InChI is InChI=1S/C15H22N6O2/c1-9-13(16-10(2)17-14(9)22-5)21-7-6-20(4)12(8-21)15-18-11(3)19-23-15/h12H,6-8H2,1-5H3/t12-/m0/s1. The van der Waals surface area contributed by atoms with Gasteiger partial charge in [0.15, 0.2) is 5.82 Å². The number of anilines is 1. The van der Waals surface area contributed by atoms with E-state index in [1.54, 1.807) is 7.11 Å². The highest BCUT2D eigenvalue weighted by Gasteiger charge is 2.31. The van der Waals surface area contributed by atoms with Crippen LogP contribution in [0.15, 0.2) is 4.52 Å². The van der Waals surface area contributed by atoms with Crippen LogP contribution < -0.4 is 9.64 Å². The smallest absolute Gasteiger partial charge is 0.245 e. The first kappa shape index (κ1) is 15.7. The van der Waals surface area contributed by atoms with E-state index < -0.39 is 0 Å². The number of ether oxygens (including phenoxy) is 1. The molecule has 1 aliphatic heterocycles. The van der Waals surface area contributed by atoms with E-state index in [-0.39, 0.29) is 6.04 Å². The van der Waals surface area contributed by atoms with Gasteiger partial charge in [0.2, 0.25) is 11.8 Å². The second kappa shape index (κ2) is 6.11. The molecule has 3 rings (SSSR count). The molecular formula is C15H22N6O2. The van der Waals surface area contributed by atoms with Crippen LogP contribution in [0.3, 0.4) is 0 Å². The van der Waals surface area contributed by atoms with Crippen LogP contribution in [0.5, 0.6) is 5.88 Å². The van der Waals surface area contributed by atoms with Crippen molar-refractivity contribution in [2.24, 2.45) is 0 Å². The molecule has 2 aromatic heterocycles. The third kappa shape index (κ3) is 2.98. The van der Waals surface area contributed by atoms with Gasteiger partial charge in [-0.25, -0.2) is 4.98 Å². The number of aryl methyl sites for hydroxylation is 2. The summed E-state index contributed by atoms with van der Waals surface area (Å²) in [6.45, 7) is 8.19. The van der Waals surface area contributed by atoms with Crippen molar-refractivity contribution < 1.29 is 9.26 Å². The van der Waals surface area contributed by atoms with Gasteiger partial charge in [0, 0.05) is 19.6 Å². The maximum atomic E-state index is 5.37. The molecule has 0 unspecified atom stereocenters. The summed E-state index contributed by atoms with van der Waals surface area (Å²) >= 11 is 0. The number of hydrogen-bond acceptors (Lipinski definition) is 8. The van der Waals surface area contributed by atoms with Crippen LogP contribution >= 0.6 is 0 Å². The molecule has 2 aromatic rings. The second-order valence-corrected chi connectivity index (χ2v) is 5.85. The van der Waals surface area contributed by atoms with E-state index in [0.29, 0.717) is 23.4 Å². The molecule has 0 radical (unpaired) electrons. The van der Waals surface area contributed by atoms with Crippen LogP contribution in [0.1, 0.15) is 29.1 Å². The molecule has 3 heterocycles. The molecule has 0 amide bonds. The van der Waals surface area contributed by atoms with Crippen molar-refractivity contribution in [3.8, 4) is 5.88 Å². The summed E-state index contributed by atoms with van der Waals surface area (Å²) in [5.41, 5.74) is 0.947. The van der Waals surface area contributed by atoms with E-state index in [9.17, 15) is 0 Å². The minimum Gasteiger partial charge on any atom is -0.481 e. The maximum Gasteiger partial charge on any atom is 0.245 e. The van der Waals surface area contributed by atoms with E-state index in [1.165, 1.54) is 0 Å². The van der Waals surface area contributed by atoms with Crippen LogP contribution in [-0.2, 0) is 0 Å². The molecule has 1 atom stereocenters. The highest BCUT2D eigenvalue weighted by Crippen LogP contribution is 2.30. The molecule has 0 N–H and O–H groups in total. The minimum absolute atomic E-state index is 0.0469. The Morgan fingerprint density at radius 3 is 2.52 bits per heavy atom. The zero-order valence-corrected chi connectivity index (χ0v) is 14.2. The fraction of sp³-hybridized carbons (Fsp3) is 0.600. The largest absolute Gasteiger partial charge is 0.481 e. The molecule has 124 valence electrons. The number of hydrogen-bond donors (Lipinski definition) is 0. The lowest BCUT2D eigenvalue weighted by molar-refractivity contribution is 0.177. The monoisotopic (exact) mass is 318 g/mol. The van der Waals surface area contributed by atoms with Gasteiger partial charge < -0.3 is 14.2 Å². The molecule has 0 aliphatic carbocycles. The van der Waals surface area contributed by atoms with Gasteiger partial charge in [-0.05, 0) is 27.8 Å². The Labute approximate surface area is 135 Å². The van der Waals surface area contributed by atoms with Gasteiger partial charge in [0.05, 0.1) is 12.7 Å². The van der Waals surface area contributed by atoms with Gasteiger partial charge in [-0.1, -0.05) is 5.16 Å². The summed E-state index contributed by atoms with van der Waals surface area (Å²) in [6.07, 6.45) is 0. The van der Waals surface area contributed by atoms with Crippen LogP contribution in [0.4, 0.5) is 5.82 Å². The molecule has 8 heteroatoms. The molecule has 1 fully saturated rings. The van der Waals surface area contributed by atoms with Gasteiger partial charge in [-0.15, -0.1) is 0 Å². The number of rotatable bonds is 3. The lowest BCUT2D eigenvalue weighted by Gasteiger charge is -2.38. The third-order valence-electron chi connectivity index (χ3n) is 4.16. The first-order valence-electron chi connectivity index (χ1n) is 7.64. The van der Waals surface area contributed by atoms with Crippen LogP contribution in [-0.4, -0.2) is 58.8 Å². The average molecular weight is 318 g/mol. The number of likely N-dealkylation sites (N-methyl/N-ethyl adjacent to an activating group) is 1. The molecule has 0 aromatic carbocycles. The molecule has 1 aliphatic rings. The van der Waals surface area contributed by atoms with Crippen molar-refractivity contribution in [2.45, 2.75) is 26.8 Å². The fourth-order valence-corrected chi connectivity index (χ4v) is 2.88. The van der Waals surface area contributed by atoms with Gasteiger partial charge in [-0.3, -0.25) is 4.90 Å². The molecule has 23 heavy (non-hydrogen) atoms. The van der Waals surface area contributed by atoms with Crippen molar-refractivity contribution in [1.29, 1.82) is 0 Å². The van der Waals surface area contributed by atoms with Crippen molar-refractivity contribution >= 4 is 5.82 Å². The Morgan fingerprint density at radius 2 is 1.87 bits per heavy atom. The summed E-state index contributed by atoms with van der Waals surface area (Å²) < 4.78 is 10.7. The van der Waals surface area contributed by atoms with Crippen LogP contribution in [0.25, 0.3) is 0 Å². The predicted octanol–water partition coefficient (Wildman–Crippen LogP) is 1.29. The first-order chi connectivity index (χ1) is 11.0. The quantitative estimate of drug-likeness (QED) is 0.837. The number of aromatic nitrogens is 4. The Kier molecular flexibility index (Phi) is 4.16. The summed E-state index contributed by atoms with van der Waals surface area (Å²) in [5.74, 6) is 3.53. The van der Waals surface area contributed by atoms with E-state index >= 15 is 0 Å². The number of nitrogens with zero attached hydrogens (tertiary/aromatic N) is 6. The topological polar surface area (TPSA) is 80.4 Å². The molecule has 0 spiro atoms. The molecule has 0 bridgehead atoms.